The first-order valence-electron chi connectivity index (χ1n) is 6.90. The third kappa shape index (κ3) is 2.70. The summed E-state index contributed by atoms with van der Waals surface area (Å²) in [6, 6.07) is 9.08. The number of benzene rings is 1. The van der Waals surface area contributed by atoms with Crippen LogP contribution in [0.4, 0.5) is 0 Å². The van der Waals surface area contributed by atoms with Gasteiger partial charge < -0.3 is 4.74 Å². The maximum Gasteiger partial charge on any atom is 0.337 e. The number of carbonyl (C=O) groups is 2. The molecule has 4 nitrogen and oxygen atoms in total. The first-order valence-corrected chi connectivity index (χ1v) is 6.90. The van der Waals surface area contributed by atoms with E-state index in [4.69, 9.17) is 4.74 Å². The van der Waals surface area contributed by atoms with E-state index in [1.807, 2.05) is 12.1 Å². The first-order chi connectivity index (χ1) is 10.2. The van der Waals surface area contributed by atoms with Crippen molar-refractivity contribution in [2.45, 2.75) is 19.3 Å². The fraction of sp³-hybridized carbons (Fsp3) is 0.235. The summed E-state index contributed by atoms with van der Waals surface area (Å²) < 4.78 is 4.71. The van der Waals surface area contributed by atoms with Crippen LogP contribution in [0.2, 0.25) is 0 Å². The maximum absolute atomic E-state index is 11.5. The van der Waals surface area contributed by atoms with Gasteiger partial charge in [-0.25, -0.2) is 9.78 Å². The molecule has 4 heteroatoms. The molecule has 0 N–H and O–H groups in total. The molecule has 0 saturated carbocycles. The molecule has 0 fully saturated rings. The highest BCUT2D eigenvalue weighted by molar-refractivity contribution is 5.99. The zero-order valence-corrected chi connectivity index (χ0v) is 11.8. The second-order valence-corrected chi connectivity index (χ2v) is 5.08. The molecule has 0 spiro atoms. The number of pyridine rings is 1. The summed E-state index contributed by atoms with van der Waals surface area (Å²) in [5.41, 5.74) is 3.14. The molecule has 0 unspecified atom stereocenters. The van der Waals surface area contributed by atoms with Crippen molar-refractivity contribution in [3.8, 4) is 0 Å². The van der Waals surface area contributed by atoms with Gasteiger partial charge >= 0.3 is 5.97 Å². The summed E-state index contributed by atoms with van der Waals surface area (Å²) in [6.45, 7) is 0. The Hall–Kier alpha value is -2.49. The second kappa shape index (κ2) is 5.48. The number of aromatic nitrogens is 1. The molecule has 21 heavy (non-hydrogen) atoms. The average Bonchev–Trinajstić information content (AvgIpc) is 2.53. The van der Waals surface area contributed by atoms with Gasteiger partial charge in [-0.1, -0.05) is 6.07 Å². The smallest absolute Gasteiger partial charge is 0.337 e. The Morgan fingerprint density at radius 3 is 2.81 bits per heavy atom. The molecular formula is C17H15NO3. The standard InChI is InChI=1S/C17H15NO3/c1-21-17(20)13-6-8-16-12(9-13)5-7-15(18-16)11-3-2-4-14(19)10-11/h5-10H,2-4H2,1H3. The van der Waals surface area contributed by atoms with Crippen molar-refractivity contribution in [2.75, 3.05) is 7.11 Å². The molecule has 0 aliphatic heterocycles. The van der Waals surface area contributed by atoms with Crippen molar-refractivity contribution in [3.05, 3.63) is 47.7 Å². The Balaban J connectivity index is 2.01. The third-order valence-electron chi connectivity index (χ3n) is 3.64. The number of hydrogen-bond donors (Lipinski definition) is 0. The highest BCUT2D eigenvalue weighted by Crippen LogP contribution is 2.26. The SMILES string of the molecule is COC(=O)c1ccc2nc(C3=CC(=O)CCC3)ccc2c1. The Bertz CT molecular complexity index is 762. The normalized spacial score (nSPS) is 14.9. The summed E-state index contributed by atoms with van der Waals surface area (Å²) in [6.07, 6.45) is 4.08. The predicted molar refractivity (Wildman–Crippen MR) is 79.9 cm³/mol. The lowest BCUT2D eigenvalue weighted by molar-refractivity contribution is -0.114. The van der Waals surface area contributed by atoms with Crippen molar-refractivity contribution >= 4 is 28.2 Å². The maximum atomic E-state index is 11.5. The quantitative estimate of drug-likeness (QED) is 0.793. The number of esters is 1. The van der Waals surface area contributed by atoms with Gasteiger partial charge in [-0.2, -0.15) is 0 Å². The number of methoxy groups -OCH3 is 1. The molecule has 3 rings (SSSR count). The van der Waals surface area contributed by atoms with E-state index in [0.717, 1.165) is 35.0 Å². The lowest BCUT2D eigenvalue weighted by atomic mass is 9.95. The fourth-order valence-electron chi connectivity index (χ4n) is 2.54. The van der Waals surface area contributed by atoms with Crippen molar-refractivity contribution in [1.29, 1.82) is 0 Å². The van der Waals surface area contributed by atoms with Crippen LogP contribution in [0.5, 0.6) is 0 Å². The molecule has 0 bridgehead atoms. The number of carbonyl (C=O) groups excluding carboxylic acids is 2. The van der Waals surface area contributed by atoms with Crippen LogP contribution in [0, 0.1) is 0 Å². The van der Waals surface area contributed by atoms with Crippen molar-refractivity contribution in [1.82, 2.24) is 4.98 Å². The number of ether oxygens (including phenoxy) is 1. The lowest BCUT2D eigenvalue weighted by Crippen LogP contribution is -2.04. The molecule has 1 heterocycles. The van der Waals surface area contributed by atoms with Crippen LogP contribution in [-0.2, 0) is 9.53 Å². The van der Waals surface area contributed by atoms with Crippen LogP contribution in [0.25, 0.3) is 16.5 Å². The molecule has 0 atom stereocenters. The molecule has 0 amide bonds. The minimum Gasteiger partial charge on any atom is -0.465 e. The monoisotopic (exact) mass is 281 g/mol. The molecular weight excluding hydrogens is 266 g/mol. The summed E-state index contributed by atoms with van der Waals surface area (Å²) in [5.74, 6) is -0.194. The van der Waals surface area contributed by atoms with Crippen molar-refractivity contribution in [3.63, 3.8) is 0 Å². The average molecular weight is 281 g/mol. The zero-order chi connectivity index (χ0) is 14.8. The molecule has 1 aliphatic rings. The van der Waals surface area contributed by atoms with E-state index in [9.17, 15) is 9.59 Å². The number of allylic oxidation sites excluding steroid dienone is 2. The number of rotatable bonds is 2. The number of fused-ring (bicyclic) bond motifs is 1. The van der Waals surface area contributed by atoms with E-state index in [-0.39, 0.29) is 11.8 Å². The van der Waals surface area contributed by atoms with E-state index in [1.165, 1.54) is 7.11 Å². The zero-order valence-electron chi connectivity index (χ0n) is 11.8. The van der Waals surface area contributed by atoms with Crippen LogP contribution in [0.1, 0.15) is 35.3 Å². The van der Waals surface area contributed by atoms with E-state index >= 15 is 0 Å². The first kappa shape index (κ1) is 13.5. The van der Waals surface area contributed by atoms with Crippen LogP contribution < -0.4 is 0 Å². The minimum absolute atomic E-state index is 0.166. The number of nitrogens with zero attached hydrogens (tertiary/aromatic N) is 1. The molecule has 1 aliphatic carbocycles. The molecule has 0 radical (unpaired) electrons. The van der Waals surface area contributed by atoms with Gasteiger partial charge in [-0.15, -0.1) is 0 Å². The summed E-state index contributed by atoms with van der Waals surface area (Å²) in [7, 11) is 1.36. The van der Waals surface area contributed by atoms with E-state index in [1.54, 1.807) is 24.3 Å². The largest absolute Gasteiger partial charge is 0.465 e. The Labute approximate surface area is 122 Å². The van der Waals surface area contributed by atoms with Gasteiger partial charge in [0.1, 0.15) is 0 Å². The van der Waals surface area contributed by atoms with Gasteiger partial charge in [-0.05, 0) is 48.8 Å². The summed E-state index contributed by atoms with van der Waals surface area (Å²) >= 11 is 0. The molecule has 2 aromatic rings. The van der Waals surface area contributed by atoms with Crippen LogP contribution in [0.3, 0.4) is 0 Å². The minimum atomic E-state index is -0.360. The highest BCUT2D eigenvalue weighted by atomic mass is 16.5. The topological polar surface area (TPSA) is 56.3 Å². The van der Waals surface area contributed by atoms with Crippen LogP contribution >= 0.6 is 0 Å². The van der Waals surface area contributed by atoms with Crippen LogP contribution in [-0.4, -0.2) is 23.8 Å². The Kier molecular flexibility index (Phi) is 3.52. The third-order valence-corrected chi connectivity index (χ3v) is 3.64. The van der Waals surface area contributed by atoms with Gasteiger partial charge in [0.15, 0.2) is 5.78 Å². The van der Waals surface area contributed by atoms with E-state index < -0.39 is 0 Å². The number of hydrogen-bond acceptors (Lipinski definition) is 4. The Morgan fingerprint density at radius 1 is 1.19 bits per heavy atom. The van der Waals surface area contributed by atoms with Gasteiger partial charge in [0.25, 0.3) is 0 Å². The number of ketones is 1. The predicted octanol–water partition coefficient (Wildman–Crippen LogP) is 3.16. The van der Waals surface area contributed by atoms with Gasteiger partial charge in [0, 0.05) is 11.8 Å². The van der Waals surface area contributed by atoms with Crippen LogP contribution in [0.15, 0.2) is 36.4 Å². The van der Waals surface area contributed by atoms with E-state index in [2.05, 4.69) is 4.98 Å². The van der Waals surface area contributed by atoms with E-state index in [0.29, 0.717) is 12.0 Å². The summed E-state index contributed by atoms with van der Waals surface area (Å²) in [4.78, 5) is 27.6. The fourth-order valence-corrected chi connectivity index (χ4v) is 2.54. The van der Waals surface area contributed by atoms with Crippen molar-refractivity contribution < 1.29 is 14.3 Å². The molecule has 1 aromatic carbocycles. The highest BCUT2D eigenvalue weighted by Gasteiger charge is 2.13. The Morgan fingerprint density at radius 2 is 2.05 bits per heavy atom. The molecule has 0 saturated heterocycles. The second-order valence-electron chi connectivity index (χ2n) is 5.08. The molecule has 106 valence electrons. The van der Waals surface area contributed by atoms with Crippen molar-refractivity contribution in [2.24, 2.45) is 0 Å². The lowest BCUT2D eigenvalue weighted by Gasteiger charge is -2.12. The van der Waals surface area contributed by atoms with Gasteiger partial charge in [0.2, 0.25) is 0 Å². The molecule has 1 aromatic heterocycles. The van der Waals surface area contributed by atoms with Gasteiger partial charge in [0.05, 0.1) is 23.9 Å². The van der Waals surface area contributed by atoms with Gasteiger partial charge in [-0.3, -0.25) is 4.79 Å². The summed E-state index contributed by atoms with van der Waals surface area (Å²) in [5, 5.41) is 0.879.